The first-order chi connectivity index (χ1) is 12.2. The van der Waals surface area contributed by atoms with Crippen LogP contribution < -0.4 is 0 Å². The van der Waals surface area contributed by atoms with Gasteiger partial charge in [0.25, 0.3) is 5.91 Å². The van der Waals surface area contributed by atoms with Gasteiger partial charge in [0, 0.05) is 25.5 Å². The van der Waals surface area contributed by atoms with Crippen molar-refractivity contribution in [2.75, 3.05) is 20.2 Å². The van der Waals surface area contributed by atoms with Crippen LogP contribution in [0.15, 0.2) is 24.3 Å². The summed E-state index contributed by atoms with van der Waals surface area (Å²) in [5.74, 6) is -0.130. The molecule has 2 atom stereocenters. The van der Waals surface area contributed by atoms with Crippen molar-refractivity contribution < 1.29 is 14.3 Å². The molecule has 1 amide bonds. The molecule has 2 aromatic rings. The average Bonchev–Trinajstić information content (AvgIpc) is 3.11. The Balaban J connectivity index is 1.69. The number of halogens is 1. The van der Waals surface area contributed by atoms with Crippen LogP contribution in [0.2, 0.25) is 5.02 Å². The molecule has 1 aromatic heterocycles. The van der Waals surface area contributed by atoms with Crippen LogP contribution in [0.25, 0.3) is 10.9 Å². The van der Waals surface area contributed by atoms with E-state index in [1.165, 1.54) is 7.11 Å². The Kier molecular flexibility index (Phi) is 3.68. The second-order valence-electron chi connectivity index (χ2n) is 8.32. The molecule has 2 aliphatic rings. The Labute approximate surface area is 157 Å². The van der Waals surface area contributed by atoms with Crippen LogP contribution in [0, 0.1) is 16.7 Å². The van der Waals surface area contributed by atoms with Gasteiger partial charge in [-0.25, -0.2) is 0 Å². The van der Waals surface area contributed by atoms with E-state index in [2.05, 4.69) is 13.8 Å². The maximum Gasteiger partial charge on any atom is 0.314 e. The minimum atomic E-state index is -0.559. The van der Waals surface area contributed by atoms with E-state index >= 15 is 0 Å². The molecule has 0 radical (unpaired) electrons. The van der Waals surface area contributed by atoms with Gasteiger partial charge >= 0.3 is 5.97 Å². The van der Waals surface area contributed by atoms with E-state index in [1.807, 2.05) is 35.9 Å². The second kappa shape index (κ2) is 5.49. The highest BCUT2D eigenvalue weighted by atomic mass is 35.5. The number of methoxy groups -OCH3 is 1. The summed E-state index contributed by atoms with van der Waals surface area (Å²) in [5.41, 5.74) is 0.914. The van der Waals surface area contributed by atoms with Crippen molar-refractivity contribution in [3.05, 3.63) is 35.0 Å². The van der Waals surface area contributed by atoms with Crippen LogP contribution >= 0.6 is 11.6 Å². The highest BCUT2D eigenvalue weighted by molar-refractivity contribution is 6.35. The molecule has 1 saturated carbocycles. The van der Waals surface area contributed by atoms with Gasteiger partial charge in [-0.1, -0.05) is 37.6 Å². The SMILES string of the molecule is COC(=O)[C@@]12CN(C(=O)c3cc4cccc(Cl)c4n3C)C[C@@H]1C(C)(C)C2. The number of aromatic nitrogens is 1. The van der Waals surface area contributed by atoms with E-state index in [-0.39, 0.29) is 23.2 Å². The van der Waals surface area contributed by atoms with Gasteiger partial charge in [0.2, 0.25) is 0 Å². The summed E-state index contributed by atoms with van der Waals surface area (Å²) in [6.45, 7) is 5.31. The normalized spacial score (nSPS) is 26.5. The Morgan fingerprint density at radius 2 is 2.04 bits per heavy atom. The Hall–Kier alpha value is -2.01. The number of benzene rings is 1. The van der Waals surface area contributed by atoms with Gasteiger partial charge in [-0.2, -0.15) is 0 Å². The molecule has 26 heavy (non-hydrogen) atoms. The number of carbonyl (C=O) groups excluding carboxylic acids is 2. The van der Waals surface area contributed by atoms with Crippen LogP contribution in [0.4, 0.5) is 0 Å². The third kappa shape index (κ3) is 2.16. The number of likely N-dealkylation sites (tertiary alicyclic amines) is 1. The highest BCUT2D eigenvalue weighted by Gasteiger charge is 2.68. The lowest BCUT2D eigenvalue weighted by Gasteiger charge is -2.54. The number of hydrogen-bond donors (Lipinski definition) is 0. The van der Waals surface area contributed by atoms with Crippen LogP contribution in [0.5, 0.6) is 0 Å². The molecule has 138 valence electrons. The number of esters is 1. The Morgan fingerprint density at radius 3 is 2.65 bits per heavy atom. The topological polar surface area (TPSA) is 51.5 Å². The van der Waals surface area contributed by atoms with Gasteiger partial charge < -0.3 is 14.2 Å². The number of ether oxygens (including phenoxy) is 1. The predicted molar refractivity (Wildman–Crippen MR) is 100 cm³/mol. The van der Waals surface area contributed by atoms with Gasteiger partial charge in [0.1, 0.15) is 5.69 Å². The van der Waals surface area contributed by atoms with Gasteiger partial charge in [-0.3, -0.25) is 9.59 Å². The Morgan fingerprint density at radius 1 is 1.31 bits per heavy atom. The lowest BCUT2D eigenvalue weighted by molar-refractivity contribution is -0.174. The van der Waals surface area contributed by atoms with E-state index in [9.17, 15) is 9.59 Å². The smallest absolute Gasteiger partial charge is 0.314 e. The number of aryl methyl sites for hydroxylation is 1. The third-order valence-electron chi connectivity index (χ3n) is 6.36. The molecule has 2 fully saturated rings. The molecule has 0 N–H and O–H groups in total. The first-order valence-corrected chi connectivity index (χ1v) is 9.21. The zero-order valence-corrected chi connectivity index (χ0v) is 16.3. The van der Waals surface area contributed by atoms with E-state index in [0.717, 1.165) is 17.3 Å². The maximum atomic E-state index is 13.2. The number of para-hydroxylation sites is 1. The van der Waals surface area contributed by atoms with Crippen molar-refractivity contribution in [3.63, 3.8) is 0 Å². The van der Waals surface area contributed by atoms with Crippen molar-refractivity contribution in [1.29, 1.82) is 0 Å². The summed E-state index contributed by atoms with van der Waals surface area (Å²) >= 11 is 6.31. The van der Waals surface area contributed by atoms with E-state index in [4.69, 9.17) is 16.3 Å². The van der Waals surface area contributed by atoms with Crippen LogP contribution in [-0.4, -0.2) is 41.5 Å². The molecular formula is C20H23ClN2O3. The molecular weight excluding hydrogens is 352 g/mol. The number of fused-ring (bicyclic) bond motifs is 2. The van der Waals surface area contributed by atoms with Gasteiger partial charge in [0.05, 0.1) is 23.1 Å². The molecule has 4 rings (SSSR count). The van der Waals surface area contributed by atoms with Crippen molar-refractivity contribution in [1.82, 2.24) is 9.47 Å². The van der Waals surface area contributed by atoms with Gasteiger partial charge in [-0.15, -0.1) is 0 Å². The van der Waals surface area contributed by atoms with Crippen molar-refractivity contribution >= 4 is 34.4 Å². The minimum absolute atomic E-state index is 0.0332. The summed E-state index contributed by atoms with van der Waals surface area (Å²) in [5, 5.41) is 1.56. The van der Waals surface area contributed by atoms with E-state index < -0.39 is 5.41 Å². The molecule has 1 saturated heterocycles. The molecule has 0 bridgehead atoms. The summed E-state index contributed by atoms with van der Waals surface area (Å²) in [6, 6.07) is 7.53. The summed E-state index contributed by atoms with van der Waals surface area (Å²) < 4.78 is 6.92. The number of carbonyl (C=O) groups is 2. The lowest BCUT2D eigenvalue weighted by atomic mass is 9.48. The van der Waals surface area contributed by atoms with E-state index in [1.54, 1.807) is 4.90 Å². The standard InChI is InChI=1S/C20H23ClN2O3/c1-19(2)10-20(18(25)26-4)11-23(9-15(19)20)17(24)14-8-12-6-5-7-13(21)16(12)22(14)3/h5-8,15H,9-11H2,1-4H3/t15-,20+/m1/s1. The predicted octanol–water partition coefficient (Wildman–Crippen LogP) is 3.49. The summed E-state index contributed by atoms with van der Waals surface area (Å²) in [4.78, 5) is 27.5. The molecule has 0 spiro atoms. The zero-order chi connectivity index (χ0) is 18.9. The van der Waals surface area contributed by atoms with Crippen molar-refractivity contribution in [3.8, 4) is 0 Å². The van der Waals surface area contributed by atoms with Crippen molar-refractivity contribution in [2.24, 2.45) is 23.8 Å². The van der Waals surface area contributed by atoms with Crippen molar-refractivity contribution in [2.45, 2.75) is 20.3 Å². The first-order valence-electron chi connectivity index (χ1n) is 8.83. The monoisotopic (exact) mass is 374 g/mol. The molecule has 0 unspecified atom stereocenters. The quantitative estimate of drug-likeness (QED) is 0.756. The summed E-state index contributed by atoms with van der Waals surface area (Å²) in [6.07, 6.45) is 0.752. The average molecular weight is 375 g/mol. The number of amides is 1. The molecule has 1 aliphatic carbocycles. The second-order valence-corrected chi connectivity index (χ2v) is 8.72. The molecule has 1 aliphatic heterocycles. The van der Waals surface area contributed by atoms with Crippen LogP contribution in [-0.2, 0) is 16.6 Å². The largest absolute Gasteiger partial charge is 0.469 e. The van der Waals surface area contributed by atoms with E-state index in [0.29, 0.717) is 23.8 Å². The lowest BCUT2D eigenvalue weighted by Crippen LogP contribution is -2.57. The Bertz CT molecular complexity index is 933. The number of hydrogen-bond acceptors (Lipinski definition) is 3. The maximum absolute atomic E-state index is 13.2. The van der Waals surface area contributed by atoms with Gasteiger partial charge in [-0.05, 0) is 29.9 Å². The molecule has 5 nitrogen and oxygen atoms in total. The highest BCUT2D eigenvalue weighted by Crippen LogP contribution is 2.63. The van der Waals surface area contributed by atoms with Gasteiger partial charge in [0.15, 0.2) is 0 Å². The fourth-order valence-corrected chi connectivity index (χ4v) is 5.57. The molecule has 1 aromatic carbocycles. The van der Waals surface area contributed by atoms with Crippen LogP contribution in [0.1, 0.15) is 30.8 Å². The summed E-state index contributed by atoms with van der Waals surface area (Å²) in [7, 11) is 3.28. The fraction of sp³-hybridized carbons (Fsp3) is 0.500. The number of nitrogens with zero attached hydrogens (tertiary/aromatic N) is 2. The number of rotatable bonds is 2. The zero-order valence-electron chi connectivity index (χ0n) is 15.5. The first kappa shape index (κ1) is 17.4. The minimum Gasteiger partial charge on any atom is -0.469 e. The fourth-order valence-electron chi connectivity index (χ4n) is 5.26. The molecule has 6 heteroatoms. The van der Waals surface area contributed by atoms with Crippen LogP contribution in [0.3, 0.4) is 0 Å². The molecule has 2 heterocycles. The third-order valence-corrected chi connectivity index (χ3v) is 6.67.